The molecule has 0 bridgehead atoms. The largest absolute Gasteiger partial charge is 0.471 e. The highest BCUT2D eigenvalue weighted by molar-refractivity contribution is 6.06. The molecule has 3 aromatic rings. The smallest absolute Gasteiger partial charge is 0.462 e. The number of aromatic nitrogens is 3. The van der Waals surface area contributed by atoms with Crippen LogP contribution < -0.4 is 5.32 Å². The minimum atomic E-state index is -5.15. The Morgan fingerprint density at radius 3 is 2.52 bits per heavy atom. The maximum Gasteiger partial charge on any atom is 0.471 e. The summed E-state index contributed by atoms with van der Waals surface area (Å²) in [5.41, 5.74) is 0.371. The molecule has 2 aromatic heterocycles. The van der Waals surface area contributed by atoms with Gasteiger partial charge in [0, 0.05) is 5.56 Å². The van der Waals surface area contributed by atoms with Crippen molar-refractivity contribution < 1.29 is 27.5 Å². The lowest BCUT2D eigenvalue weighted by molar-refractivity contribution is -0.167. The van der Waals surface area contributed by atoms with Gasteiger partial charge in [0.15, 0.2) is 11.6 Å². The van der Waals surface area contributed by atoms with E-state index in [1.165, 1.54) is 16.8 Å². The number of hydrogen-bond donors (Lipinski definition) is 1. The first-order valence-electron chi connectivity index (χ1n) is 7.81. The van der Waals surface area contributed by atoms with Gasteiger partial charge in [-0.25, -0.2) is 14.3 Å². The number of ether oxygens (including phenoxy) is 1. The summed E-state index contributed by atoms with van der Waals surface area (Å²) in [5.74, 6) is -3.57. The molecule has 1 amide bonds. The van der Waals surface area contributed by atoms with Crippen molar-refractivity contribution in [2.75, 3.05) is 11.9 Å². The van der Waals surface area contributed by atoms with Crippen molar-refractivity contribution in [3.8, 4) is 11.4 Å². The van der Waals surface area contributed by atoms with Crippen LogP contribution in [0.3, 0.4) is 0 Å². The van der Waals surface area contributed by atoms with E-state index in [9.17, 15) is 22.8 Å². The van der Waals surface area contributed by atoms with Crippen molar-refractivity contribution in [2.45, 2.75) is 13.1 Å². The Kier molecular flexibility index (Phi) is 4.80. The molecule has 10 heteroatoms. The predicted molar refractivity (Wildman–Crippen MR) is 89.1 cm³/mol. The van der Waals surface area contributed by atoms with Gasteiger partial charge in [-0.05, 0) is 13.0 Å². The third-order valence-corrected chi connectivity index (χ3v) is 3.55. The second-order valence-electron chi connectivity index (χ2n) is 5.33. The Morgan fingerprint density at radius 1 is 1.19 bits per heavy atom. The molecule has 3 rings (SSSR count). The third kappa shape index (κ3) is 3.59. The molecular weight excluding hydrogens is 365 g/mol. The monoisotopic (exact) mass is 378 g/mol. The van der Waals surface area contributed by atoms with Crippen LogP contribution >= 0.6 is 0 Å². The molecule has 2 heterocycles. The van der Waals surface area contributed by atoms with Crippen LogP contribution in [0.4, 0.5) is 19.0 Å². The van der Waals surface area contributed by atoms with Crippen LogP contribution in [0.5, 0.6) is 0 Å². The zero-order chi connectivity index (χ0) is 19.6. The Labute approximate surface area is 150 Å². The molecule has 27 heavy (non-hydrogen) atoms. The number of benzene rings is 1. The molecule has 0 saturated heterocycles. The number of nitrogens with one attached hydrogen (secondary N) is 1. The van der Waals surface area contributed by atoms with Crippen molar-refractivity contribution >= 4 is 23.2 Å². The van der Waals surface area contributed by atoms with Crippen LogP contribution in [-0.4, -0.2) is 39.3 Å². The van der Waals surface area contributed by atoms with Gasteiger partial charge in [-0.1, -0.05) is 30.3 Å². The first-order chi connectivity index (χ1) is 12.8. The summed E-state index contributed by atoms with van der Waals surface area (Å²) in [7, 11) is 0. The van der Waals surface area contributed by atoms with Crippen molar-refractivity contribution in [3.05, 3.63) is 48.2 Å². The van der Waals surface area contributed by atoms with E-state index in [2.05, 4.69) is 10.1 Å². The summed E-state index contributed by atoms with van der Waals surface area (Å²) in [5, 5.41) is 5.74. The molecule has 0 aliphatic carbocycles. The van der Waals surface area contributed by atoms with E-state index >= 15 is 0 Å². The number of hydrogen-bond acceptors (Lipinski definition) is 5. The van der Waals surface area contributed by atoms with Gasteiger partial charge >= 0.3 is 18.1 Å². The highest BCUT2D eigenvalue weighted by atomic mass is 19.4. The molecule has 0 aliphatic rings. The van der Waals surface area contributed by atoms with Gasteiger partial charge in [-0.15, -0.1) is 0 Å². The van der Waals surface area contributed by atoms with Crippen molar-refractivity contribution in [2.24, 2.45) is 0 Å². The maximum absolute atomic E-state index is 12.7. The number of carbonyl (C=O) groups excluding carboxylic acids is 2. The molecule has 0 unspecified atom stereocenters. The molecule has 1 aromatic carbocycles. The molecule has 0 saturated carbocycles. The lowest BCUT2D eigenvalue weighted by atomic mass is 10.2. The van der Waals surface area contributed by atoms with Crippen LogP contribution in [0, 0.1) is 0 Å². The van der Waals surface area contributed by atoms with Gasteiger partial charge in [0.05, 0.1) is 18.3 Å². The first kappa shape index (κ1) is 18.4. The van der Waals surface area contributed by atoms with Crippen molar-refractivity contribution in [1.29, 1.82) is 0 Å². The molecule has 0 aliphatic heterocycles. The van der Waals surface area contributed by atoms with E-state index in [0.29, 0.717) is 5.56 Å². The van der Waals surface area contributed by atoms with Crippen LogP contribution in [-0.2, 0) is 9.53 Å². The fourth-order valence-electron chi connectivity index (χ4n) is 2.44. The van der Waals surface area contributed by atoms with Crippen LogP contribution in [0.2, 0.25) is 0 Å². The van der Waals surface area contributed by atoms with E-state index in [1.807, 2.05) is 0 Å². The fraction of sp³-hybridized carbons (Fsp3) is 0.176. The predicted octanol–water partition coefficient (Wildman–Crippen LogP) is 3.07. The number of alkyl halides is 3. The van der Waals surface area contributed by atoms with E-state index in [0.717, 1.165) is 0 Å². The average Bonchev–Trinajstić information content (AvgIpc) is 3.10. The van der Waals surface area contributed by atoms with Gasteiger partial charge in [0.1, 0.15) is 5.56 Å². The number of carbonyl (C=O) groups is 2. The van der Waals surface area contributed by atoms with E-state index < -0.39 is 23.9 Å². The van der Waals surface area contributed by atoms with Crippen LogP contribution in [0.15, 0.2) is 42.6 Å². The summed E-state index contributed by atoms with van der Waals surface area (Å²) in [6.45, 7) is 1.54. The minimum Gasteiger partial charge on any atom is -0.462 e. The second-order valence-corrected chi connectivity index (χ2v) is 5.33. The number of nitrogens with zero attached hydrogens (tertiary/aromatic N) is 3. The number of esters is 1. The number of rotatable bonds is 4. The SMILES string of the molecule is CCOC(=O)c1c(NC(=O)C(F)(F)F)nc(-c2ccccc2)n2nccc12. The molecule has 1 N–H and O–H groups in total. The molecule has 0 radical (unpaired) electrons. The van der Waals surface area contributed by atoms with Gasteiger partial charge in [-0.3, -0.25) is 4.79 Å². The maximum atomic E-state index is 12.7. The van der Waals surface area contributed by atoms with E-state index in [4.69, 9.17) is 4.74 Å². The molecule has 140 valence electrons. The standard InChI is InChI=1S/C17H13F3N4O3/c1-2-27-15(25)12-11-8-9-21-24(11)14(10-6-4-3-5-7-10)22-13(12)23-16(26)17(18,19)20/h3-9H,2H2,1H3,(H,23,26). The van der Waals surface area contributed by atoms with Crippen LogP contribution in [0.1, 0.15) is 17.3 Å². The van der Waals surface area contributed by atoms with Crippen molar-refractivity contribution in [1.82, 2.24) is 14.6 Å². The first-order valence-corrected chi connectivity index (χ1v) is 7.81. The highest BCUT2D eigenvalue weighted by Crippen LogP contribution is 2.28. The summed E-state index contributed by atoms with van der Waals surface area (Å²) >= 11 is 0. The fourth-order valence-corrected chi connectivity index (χ4v) is 2.44. The third-order valence-electron chi connectivity index (χ3n) is 3.55. The molecule has 0 fully saturated rings. The number of fused-ring (bicyclic) bond motifs is 1. The lowest BCUT2D eigenvalue weighted by Gasteiger charge is -2.15. The Hall–Kier alpha value is -3.43. The molecule has 0 atom stereocenters. The molecule has 0 spiro atoms. The van der Waals surface area contributed by atoms with Crippen LogP contribution in [0.25, 0.3) is 16.9 Å². The number of amides is 1. The summed E-state index contributed by atoms with van der Waals surface area (Å²) in [4.78, 5) is 27.8. The second kappa shape index (κ2) is 7.06. The number of halogens is 3. The van der Waals surface area contributed by atoms with Gasteiger partial charge < -0.3 is 10.1 Å². The summed E-state index contributed by atoms with van der Waals surface area (Å²) < 4.78 is 44.4. The molecule has 7 nitrogen and oxygen atoms in total. The average molecular weight is 378 g/mol. The Balaban J connectivity index is 2.25. The molecular formula is C17H13F3N4O3. The minimum absolute atomic E-state index is 0.00771. The summed E-state index contributed by atoms with van der Waals surface area (Å²) in [6, 6.07) is 9.93. The van der Waals surface area contributed by atoms with Gasteiger partial charge in [0.25, 0.3) is 0 Å². The van der Waals surface area contributed by atoms with E-state index in [1.54, 1.807) is 42.6 Å². The van der Waals surface area contributed by atoms with Crippen molar-refractivity contribution in [3.63, 3.8) is 0 Å². The quantitative estimate of drug-likeness (QED) is 0.706. The highest BCUT2D eigenvalue weighted by Gasteiger charge is 2.40. The van der Waals surface area contributed by atoms with E-state index in [-0.39, 0.29) is 23.5 Å². The summed E-state index contributed by atoms with van der Waals surface area (Å²) in [6.07, 6.45) is -3.78. The Bertz CT molecular complexity index is 1000. The topological polar surface area (TPSA) is 85.6 Å². The zero-order valence-corrected chi connectivity index (χ0v) is 13.9. The van der Waals surface area contributed by atoms with Gasteiger partial charge in [0.2, 0.25) is 0 Å². The van der Waals surface area contributed by atoms with Gasteiger partial charge in [-0.2, -0.15) is 18.3 Å². The lowest BCUT2D eigenvalue weighted by Crippen LogP contribution is -2.31. The normalized spacial score (nSPS) is 11.4. The Morgan fingerprint density at radius 2 is 1.89 bits per heavy atom. The zero-order valence-electron chi connectivity index (χ0n) is 13.9. The number of anilines is 1.